The lowest BCUT2D eigenvalue weighted by molar-refractivity contribution is 0.286. The second-order valence-electron chi connectivity index (χ2n) is 4.60. The highest BCUT2D eigenvalue weighted by molar-refractivity contribution is 5.59. The summed E-state index contributed by atoms with van der Waals surface area (Å²) in [4.78, 5) is 0. The normalized spacial score (nSPS) is 17.5. The Morgan fingerprint density at radius 1 is 1.11 bits per heavy atom. The molecule has 0 unspecified atom stereocenters. The topological polar surface area (TPSA) is 21.3 Å². The minimum Gasteiger partial charge on any atom is -0.489 e. The first-order chi connectivity index (χ1) is 8.86. The van der Waals surface area contributed by atoms with Gasteiger partial charge in [-0.2, -0.15) is 0 Å². The van der Waals surface area contributed by atoms with Crippen molar-refractivity contribution in [3.63, 3.8) is 0 Å². The van der Waals surface area contributed by atoms with E-state index in [9.17, 15) is 0 Å². The van der Waals surface area contributed by atoms with Crippen molar-refractivity contribution in [3.8, 4) is 5.75 Å². The molecule has 2 heteroatoms. The Hall–Kier alpha value is -1.96. The zero-order chi connectivity index (χ0) is 12.4. The number of aryl methyl sites for hydroxylation is 1. The molecule has 0 fully saturated rings. The second kappa shape index (κ2) is 4.73. The fourth-order valence-corrected chi connectivity index (χ4v) is 2.28. The van der Waals surface area contributed by atoms with Gasteiger partial charge < -0.3 is 10.1 Å². The second-order valence-corrected chi connectivity index (χ2v) is 4.60. The Balaban J connectivity index is 1.82. The molecule has 1 N–H and O–H groups in total. The van der Waals surface area contributed by atoms with Gasteiger partial charge in [0.25, 0.3) is 0 Å². The Bertz CT molecular complexity index is 533. The molecule has 0 radical (unpaired) electrons. The van der Waals surface area contributed by atoms with Crippen molar-refractivity contribution < 1.29 is 4.74 Å². The van der Waals surface area contributed by atoms with E-state index < -0.39 is 0 Å². The Kier molecular flexibility index (Phi) is 2.93. The van der Waals surface area contributed by atoms with Gasteiger partial charge in [-0.15, -0.1) is 0 Å². The maximum atomic E-state index is 5.78. The molecule has 2 nitrogen and oxygen atoms in total. The van der Waals surface area contributed by atoms with Gasteiger partial charge in [-0.3, -0.25) is 0 Å². The molecular weight excluding hydrogens is 222 g/mol. The minimum absolute atomic E-state index is 0.241. The van der Waals surface area contributed by atoms with Crippen molar-refractivity contribution in [1.82, 2.24) is 0 Å². The van der Waals surface area contributed by atoms with E-state index in [-0.39, 0.29) is 6.04 Å². The van der Waals surface area contributed by atoms with Crippen LogP contribution in [0, 0.1) is 0 Å². The molecule has 0 spiro atoms. The van der Waals surface area contributed by atoms with Crippen molar-refractivity contribution in [2.24, 2.45) is 0 Å². The molecule has 1 atom stereocenters. The predicted molar refractivity (Wildman–Crippen MR) is 74.1 cm³/mol. The Labute approximate surface area is 108 Å². The molecule has 3 rings (SSSR count). The lowest BCUT2D eigenvalue weighted by Crippen LogP contribution is -2.23. The van der Waals surface area contributed by atoms with Crippen LogP contribution in [0.4, 0.5) is 5.69 Å². The van der Waals surface area contributed by atoms with E-state index >= 15 is 0 Å². The molecule has 0 bridgehead atoms. The maximum Gasteiger partial charge on any atom is 0.142 e. The average Bonchev–Trinajstić information content (AvgIpc) is 2.47. The van der Waals surface area contributed by atoms with Crippen molar-refractivity contribution >= 4 is 5.69 Å². The third-order valence-corrected chi connectivity index (χ3v) is 3.41. The number of ether oxygens (including phenoxy) is 1. The average molecular weight is 239 g/mol. The number of para-hydroxylation sites is 2. The molecule has 0 aliphatic carbocycles. The first-order valence-electron chi connectivity index (χ1n) is 6.44. The molecule has 0 saturated heterocycles. The number of fused-ring (bicyclic) bond motifs is 1. The van der Waals surface area contributed by atoms with E-state index in [4.69, 9.17) is 4.74 Å². The summed E-state index contributed by atoms with van der Waals surface area (Å²) in [5, 5.41) is 3.53. The largest absolute Gasteiger partial charge is 0.489 e. The molecule has 1 aliphatic rings. The van der Waals surface area contributed by atoms with Crippen molar-refractivity contribution in [2.75, 3.05) is 11.9 Å². The molecule has 0 saturated carbocycles. The molecule has 0 aromatic heterocycles. The number of benzene rings is 2. The summed E-state index contributed by atoms with van der Waals surface area (Å²) in [6, 6.07) is 17.1. The summed E-state index contributed by atoms with van der Waals surface area (Å²) in [7, 11) is 0. The Morgan fingerprint density at radius 3 is 2.67 bits per heavy atom. The molecule has 2 aromatic rings. The van der Waals surface area contributed by atoms with Crippen LogP contribution in [0.1, 0.15) is 24.1 Å². The first kappa shape index (κ1) is 11.1. The zero-order valence-corrected chi connectivity index (χ0v) is 10.5. The van der Waals surface area contributed by atoms with Gasteiger partial charge in [0.2, 0.25) is 0 Å². The molecule has 2 aromatic carbocycles. The fraction of sp³-hybridized carbons (Fsp3) is 0.250. The van der Waals surface area contributed by atoms with Crippen LogP contribution < -0.4 is 10.1 Å². The highest BCUT2D eigenvalue weighted by atomic mass is 16.5. The van der Waals surface area contributed by atoms with Gasteiger partial charge in [-0.1, -0.05) is 43.3 Å². The van der Waals surface area contributed by atoms with E-state index in [1.54, 1.807) is 0 Å². The van der Waals surface area contributed by atoms with E-state index in [1.807, 2.05) is 18.2 Å². The van der Waals surface area contributed by atoms with Crippen molar-refractivity contribution in [3.05, 3.63) is 59.7 Å². The summed E-state index contributed by atoms with van der Waals surface area (Å²) >= 11 is 0. The van der Waals surface area contributed by atoms with E-state index in [0.29, 0.717) is 6.61 Å². The lowest BCUT2D eigenvalue weighted by atomic mass is 10.0. The van der Waals surface area contributed by atoms with Gasteiger partial charge in [0.1, 0.15) is 12.4 Å². The van der Waals surface area contributed by atoms with E-state index in [0.717, 1.165) is 17.9 Å². The van der Waals surface area contributed by atoms with Crippen LogP contribution in [0.15, 0.2) is 48.5 Å². The van der Waals surface area contributed by atoms with Gasteiger partial charge >= 0.3 is 0 Å². The van der Waals surface area contributed by atoms with Gasteiger partial charge in [-0.05, 0) is 29.7 Å². The van der Waals surface area contributed by atoms with Crippen molar-refractivity contribution in [1.29, 1.82) is 0 Å². The highest BCUT2D eigenvalue weighted by Crippen LogP contribution is 2.33. The predicted octanol–water partition coefficient (Wildman–Crippen LogP) is 3.79. The number of rotatable bonds is 2. The molecular formula is C16H17NO. The highest BCUT2D eigenvalue weighted by Gasteiger charge is 2.19. The fourth-order valence-electron chi connectivity index (χ4n) is 2.28. The molecule has 92 valence electrons. The van der Waals surface area contributed by atoms with Crippen LogP contribution in [0.5, 0.6) is 5.75 Å². The van der Waals surface area contributed by atoms with Gasteiger partial charge in [0, 0.05) is 0 Å². The van der Waals surface area contributed by atoms with Crippen LogP contribution in [0.3, 0.4) is 0 Å². The standard InChI is InChI=1S/C16H17NO/c1-2-12-7-9-13(10-8-12)15-11-18-16-6-4-3-5-14(16)17-15/h3-10,15,17H,2,11H2,1H3/t15-/m0/s1. The third kappa shape index (κ3) is 2.06. The van der Waals surface area contributed by atoms with Gasteiger partial charge in [-0.25, -0.2) is 0 Å². The van der Waals surface area contributed by atoms with E-state index in [1.165, 1.54) is 11.1 Å². The van der Waals surface area contributed by atoms with Crippen molar-refractivity contribution in [2.45, 2.75) is 19.4 Å². The quantitative estimate of drug-likeness (QED) is 0.860. The molecule has 0 amide bonds. The number of hydrogen-bond donors (Lipinski definition) is 1. The monoisotopic (exact) mass is 239 g/mol. The number of nitrogens with one attached hydrogen (secondary N) is 1. The van der Waals surface area contributed by atoms with Crippen LogP contribution in [0.2, 0.25) is 0 Å². The third-order valence-electron chi connectivity index (χ3n) is 3.41. The molecule has 1 aliphatic heterocycles. The summed E-state index contributed by atoms with van der Waals surface area (Å²) in [6.45, 7) is 2.86. The number of anilines is 1. The number of hydrogen-bond acceptors (Lipinski definition) is 2. The Morgan fingerprint density at radius 2 is 1.89 bits per heavy atom. The maximum absolute atomic E-state index is 5.78. The van der Waals surface area contributed by atoms with Gasteiger partial charge in [0.15, 0.2) is 0 Å². The zero-order valence-electron chi connectivity index (χ0n) is 10.5. The summed E-state index contributed by atoms with van der Waals surface area (Å²) in [5.41, 5.74) is 3.73. The summed E-state index contributed by atoms with van der Waals surface area (Å²) in [5.74, 6) is 0.943. The first-order valence-corrected chi connectivity index (χ1v) is 6.44. The molecule has 18 heavy (non-hydrogen) atoms. The molecule has 1 heterocycles. The summed E-state index contributed by atoms with van der Waals surface area (Å²) in [6.07, 6.45) is 1.08. The van der Waals surface area contributed by atoms with Crippen LogP contribution in [-0.4, -0.2) is 6.61 Å². The SMILES string of the molecule is CCc1ccc([C@@H]2COc3ccccc3N2)cc1. The lowest BCUT2D eigenvalue weighted by Gasteiger charge is -2.27. The van der Waals surface area contributed by atoms with Crippen LogP contribution >= 0.6 is 0 Å². The minimum atomic E-state index is 0.241. The van der Waals surface area contributed by atoms with Crippen LogP contribution in [0.25, 0.3) is 0 Å². The summed E-state index contributed by atoms with van der Waals surface area (Å²) < 4.78 is 5.78. The van der Waals surface area contributed by atoms with Crippen LogP contribution in [-0.2, 0) is 6.42 Å². The van der Waals surface area contributed by atoms with E-state index in [2.05, 4.69) is 42.6 Å². The smallest absolute Gasteiger partial charge is 0.142 e. The van der Waals surface area contributed by atoms with Gasteiger partial charge in [0.05, 0.1) is 11.7 Å².